The molecule has 0 saturated heterocycles. The van der Waals surface area contributed by atoms with Gasteiger partial charge in [-0.2, -0.15) is 0 Å². The molecule has 1 aromatic carbocycles. The van der Waals surface area contributed by atoms with Crippen molar-refractivity contribution < 1.29 is 5.11 Å². The van der Waals surface area contributed by atoms with Crippen LogP contribution >= 0.6 is 15.9 Å². The quantitative estimate of drug-likeness (QED) is 0.847. The first-order valence-corrected chi connectivity index (χ1v) is 7.37. The van der Waals surface area contributed by atoms with Crippen LogP contribution in [-0.2, 0) is 0 Å². The van der Waals surface area contributed by atoms with Crippen LogP contribution in [0.1, 0.15) is 30.9 Å². The number of aliphatic hydroxyl groups is 1. The molecule has 0 spiro atoms. The Balaban J connectivity index is 2.18. The Hall–Kier alpha value is -0.420. The Morgan fingerprint density at radius 2 is 2.22 bits per heavy atom. The average molecular weight is 313 g/mol. The first-order valence-electron chi connectivity index (χ1n) is 6.58. The van der Waals surface area contributed by atoms with E-state index >= 15 is 0 Å². The van der Waals surface area contributed by atoms with Crippen molar-refractivity contribution >= 4 is 15.9 Å². The molecule has 1 aliphatic carbocycles. The number of halogens is 1. The molecule has 0 radical (unpaired) electrons. The largest absolute Gasteiger partial charge is 0.395 e. The van der Waals surface area contributed by atoms with Gasteiger partial charge >= 0.3 is 0 Å². The van der Waals surface area contributed by atoms with Crippen molar-refractivity contribution in [3.63, 3.8) is 0 Å². The molecule has 3 nitrogen and oxygen atoms in total. The lowest BCUT2D eigenvalue weighted by Crippen LogP contribution is -2.46. The summed E-state index contributed by atoms with van der Waals surface area (Å²) in [5.41, 5.74) is 7.19. The second-order valence-corrected chi connectivity index (χ2v) is 5.77. The van der Waals surface area contributed by atoms with Crippen molar-refractivity contribution in [2.75, 3.05) is 19.7 Å². The van der Waals surface area contributed by atoms with Gasteiger partial charge in [0.1, 0.15) is 0 Å². The molecule has 0 bridgehead atoms. The number of hydrogen-bond donors (Lipinski definition) is 2. The second-order valence-electron chi connectivity index (χ2n) is 4.85. The zero-order valence-corrected chi connectivity index (χ0v) is 12.1. The number of hydrogen-bond acceptors (Lipinski definition) is 3. The molecule has 1 fully saturated rings. The van der Waals surface area contributed by atoms with Crippen molar-refractivity contribution in [1.82, 2.24) is 4.90 Å². The predicted octanol–water partition coefficient (Wildman–Crippen LogP) is 2.30. The first-order chi connectivity index (χ1) is 8.76. The number of nitrogens with zero attached hydrogens (tertiary/aromatic N) is 1. The van der Waals surface area contributed by atoms with Gasteiger partial charge in [-0.25, -0.2) is 0 Å². The summed E-state index contributed by atoms with van der Waals surface area (Å²) in [5, 5.41) is 9.26. The molecular weight excluding hydrogens is 292 g/mol. The maximum absolute atomic E-state index is 9.26. The minimum atomic E-state index is 0.195. The number of benzene rings is 1. The molecule has 1 aromatic rings. The van der Waals surface area contributed by atoms with Gasteiger partial charge in [0, 0.05) is 29.6 Å². The van der Waals surface area contributed by atoms with Crippen molar-refractivity contribution in [2.45, 2.75) is 31.3 Å². The molecule has 1 saturated carbocycles. The normalized spacial score (nSPS) is 17.8. The fraction of sp³-hybridized carbons (Fsp3) is 0.571. The van der Waals surface area contributed by atoms with E-state index in [0.717, 1.165) is 4.47 Å². The predicted molar refractivity (Wildman–Crippen MR) is 77.4 cm³/mol. The molecule has 0 heterocycles. The van der Waals surface area contributed by atoms with E-state index in [0.29, 0.717) is 19.1 Å². The average Bonchev–Trinajstić information content (AvgIpc) is 2.28. The van der Waals surface area contributed by atoms with E-state index in [-0.39, 0.29) is 12.6 Å². The van der Waals surface area contributed by atoms with Crippen LogP contribution < -0.4 is 5.73 Å². The summed E-state index contributed by atoms with van der Waals surface area (Å²) < 4.78 is 1.08. The zero-order valence-electron chi connectivity index (χ0n) is 10.6. The van der Waals surface area contributed by atoms with Gasteiger partial charge < -0.3 is 10.8 Å². The van der Waals surface area contributed by atoms with Crippen LogP contribution in [0.2, 0.25) is 0 Å². The monoisotopic (exact) mass is 312 g/mol. The highest BCUT2D eigenvalue weighted by atomic mass is 79.9. The summed E-state index contributed by atoms with van der Waals surface area (Å²) in [5.74, 6) is 0. The van der Waals surface area contributed by atoms with Crippen molar-refractivity contribution in [3.8, 4) is 0 Å². The van der Waals surface area contributed by atoms with Crippen LogP contribution in [-0.4, -0.2) is 35.7 Å². The van der Waals surface area contributed by atoms with Crippen molar-refractivity contribution in [1.29, 1.82) is 0 Å². The van der Waals surface area contributed by atoms with Gasteiger partial charge in [-0.3, -0.25) is 4.90 Å². The van der Waals surface area contributed by atoms with Crippen molar-refractivity contribution in [2.24, 2.45) is 5.73 Å². The minimum absolute atomic E-state index is 0.195. The lowest BCUT2D eigenvalue weighted by molar-refractivity contribution is 0.0623. The highest BCUT2D eigenvalue weighted by molar-refractivity contribution is 9.10. The van der Waals surface area contributed by atoms with Crippen LogP contribution in [0.4, 0.5) is 0 Å². The molecule has 3 N–H and O–H groups in total. The van der Waals surface area contributed by atoms with Gasteiger partial charge in [0.2, 0.25) is 0 Å². The van der Waals surface area contributed by atoms with Crippen LogP contribution in [0.5, 0.6) is 0 Å². The molecule has 100 valence electrons. The van der Waals surface area contributed by atoms with Gasteiger partial charge in [0.25, 0.3) is 0 Å². The third-order valence-corrected chi connectivity index (χ3v) is 4.25. The van der Waals surface area contributed by atoms with Gasteiger partial charge in [-0.1, -0.05) is 34.5 Å². The summed E-state index contributed by atoms with van der Waals surface area (Å²) in [6.07, 6.45) is 3.75. The summed E-state index contributed by atoms with van der Waals surface area (Å²) >= 11 is 3.51. The molecular formula is C14H21BrN2O. The van der Waals surface area contributed by atoms with Crippen LogP contribution in [0.15, 0.2) is 28.7 Å². The minimum Gasteiger partial charge on any atom is -0.395 e. The Bertz CT molecular complexity index is 382. The smallest absolute Gasteiger partial charge is 0.0558 e. The zero-order chi connectivity index (χ0) is 13.0. The molecule has 1 unspecified atom stereocenters. The second kappa shape index (κ2) is 6.66. The maximum atomic E-state index is 9.26. The van der Waals surface area contributed by atoms with E-state index in [4.69, 9.17) is 5.73 Å². The van der Waals surface area contributed by atoms with Gasteiger partial charge in [0.05, 0.1) is 6.61 Å². The Kier molecular flexibility index (Phi) is 5.18. The summed E-state index contributed by atoms with van der Waals surface area (Å²) in [7, 11) is 0. The Morgan fingerprint density at radius 3 is 2.72 bits per heavy atom. The molecule has 2 rings (SSSR count). The fourth-order valence-electron chi connectivity index (χ4n) is 2.60. The van der Waals surface area contributed by atoms with E-state index in [1.54, 1.807) is 0 Å². The van der Waals surface area contributed by atoms with E-state index in [2.05, 4.69) is 33.0 Å². The molecule has 1 aliphatic rings. The lowest BCUT2D eigenvalue weighted by Gasteiger charge is -2.42. The van der Waals surface area contributed by atoms with Crippen LogP contribution in [0, 0.1) is 0 Å². The molecule has 0 amide bonds. The number of rotatable bonds is 6. The van der Waals surface area contributed by atoms with Gasteiger partial charge in [-0.05, 0) is 30.5 Å². The molecule has 0 aliphatic heterocycles. The fourth-order valence-corrected chi connectivity index (χ4v) is 3.02. The Morgan fingerprint density at radius 1 is 1.44 bits per heavy atom. The Labute approximate surface area is 117 Å². The SMILES string of the molecule is NCC(c1cccc(Br)c1)N(CCO)C1CCC1. The molecule has 18 heavy (non-hydrogen) atoms. The topological polar surface area (TPSA) is 49.5 Å². The van der Waals surface area contributed by atoms with Crippen LogP contribution in [0.25, 0.3) is 0 Å². The molecule has 0 aromatic heterocycles. The van der Waals surface area contributed by atoms with Gasteiger partial charge in [0.15, 0.2) is 0 Å². The number of nitrogens with two attached hydrogens (primary N) is 1. The van der Waals surface area contributed by atoms with Crippen molar-refractivity contribution in [3.05, 3.63) is 34.3 Å². The number of aliphatic hydroxyl groups excluding tert-OH is 1. The molecule has 4 heteroatoms. The highest BCUT2D eigenvalue weighted by Crippen LogP contribution is 2.32. The third kappa shape index (κ3) is 3.12. The maximum Gasteiger partial charge on any atom is 0.0558 e. The molecule has 1 atom stereocenters. The summed E-state index contributed by atoms with van der Waals surface area (Å²) in [4.78, 5) is 2.37. The lowest BCUT2D eigenvalue weighted by atomic mass is 9.89. The summed E-state index contributed by atoms with van der Waals surface area (Å²) in [6.45, 7) is 1.49. The highest BCUT2D eigenvalue weighted by Gasteiger charge is 2.30. The van der Waals surface area contributed by atoms with E-state index in [1.165, 1.54) is 24.8 Å². The van der Waals surface area contributed by atoms with E-state index in [1.807, 2.05) is 12.1 Å². The van der Waals surface area contributed by atoms with Crippen LogP contribution in [0.3, 0.4) is 0 Å². The van der Waals surface area contributed by atoms with Gasteiger partial charge in [-0.15, -0.1) is 0 Å². The third-order valence-electron chi connectivity index (χ3n) is 3.76. The summed E-state index contributed by atoms with van der Waals surface area (Å²) in [6, 6.07) is 9.10. The first kappa shape index (κ1) is 14.0. The standard InChI is InChI=1S/C14H21BrN2O/c15-12-4-1-3-11(9-12)14(10-16)17(7-8-18)13-5-2-6-13/h1,3-4,9,13-14,18H,2,5-8,10,16H2. The van der Waals surface area contributed by atoms with E-state index in [9.17, 15) is 5.11 Å². The van der Waals surface area contributed by atoms with E-state index < -0.39 is 0 Å².